The fourth-order valence-corrected chi connectivity index (χ4v) is 3.42. The van der Waals surface area contributed by atoms with Gasteiger partial charge >= 0.3 is 12.2 Å². The summed E-state index contributed by atoms with van der Waals surface area (Å²) in [4.78, 5) is 32.6. The van der Waals surface area contributed by atoms with Crippen LogP contribution < -0.4 is 4.74 Å². The molecule has 0 aromatic heterocycles. The SMILES string of the molecule is COc1ccc(CN2/C(=N/C(=O)OCc3ccccc3)N(C(=O)OC(C)(C)C)C[C@H]2CO)cc1. The lowest BCUT2D eigenvalue weighted by molar-refractivity contribution is 0.0376. The van der Waals surface area contributed by atoms with Crippen LogP contribution in [0.3, 0.4) is 0 Å². The second kappa shape index (κ2) is 11.0. The molecule has 2 amide bonds. The monoisotopic (exact) mass is 469 g/mol. The van der Waals surface area contributed by atoms with E-state index in [0.717, 1.165) is 11.1 Å². The van der Waals surface area contributed by atoms with Gasteiger partial charge in [-0.25, -0.2) is 14.5 Å². The number of nitrogens with zero attached hydrogens (tertiary/aromatic N) is 3. The molecule has 0 bridgehead atoms. The molecule has 9 nitrogen and oxygen atoms in total. The maximum Gasteiger partial charge on any atom is 0.437 e. The fourth-order valence-electron chi connectivity index (χ4n) is 3.42. The van der Waals surface area contributed by atoms with Crippen LogP contribution in [0, 0.1) is 0 Å². The van der Waals surface area contributed by atoms with E-state index < -0.39 is 23.8 Å². The number of ether oxygens (including phenoxy) is 3. The number of benzene rings is 2. The van der Waals surface area contributed by atoms with Crippen LogP contribution in [-0.2, 0) is 22.6 Å². The number of hydrogen-bond donors (Lipinski definition) is 1. The van der Waals surface area contributed by atoms with Gasteiger partial charge in [-0.2, -0.15) is 0 Å². The molecule has 1 aliphatic heterocycles. The molecule has 1 aliphatic rings. The Bertz CT molecular complexity index is 1000. The molecule has 1 atom stereocenters. The molecule has 1 fully saturated rings. The predicted molar refractivity (Wildman–Crippen MR) is 126 cm³/mol. The van der Waals surface area contributed by atoms with Gasteiger partial charge in [-0.3, -0.25) is 0 Å². The first kappa shape index (κ1) is 25.0. The highest BCUT2D eigenvalue weighted by Crippen LogP contribution is 2.23. The molecule has 0 radical (unpaired) electrons. The quantitative estimate of drug-likeness (QED) is 0.687. The lowest BCUT2D eigenvalue weighted by Crippen LogP contribution is -2.41. The third-order valence-electron chi connectivity index (χ3n) is 5.07. The summed E-state index contributed by atoms with van der Waals surface area (Å²) in [6.45, 7) is 5.49. The molecule has 0 unspecified atom stereocenters. The van der Waals surface area contributed by atoms with Crippen LogP contribution in [-0.4, -0.2) is 65.0 Å². The highest BCUT2D eigenvalue weighted by atomic mass is 16.6. The molecular formula is C25H31N3O6. The third kappa shape index (κ3) is 6.71. The van der Waals surface area contributed by atoms with E-state index in [1.165, 1.54) is 4.90 Å². The van der Waals surface area contributed by atoms with Crippen molar-refractivity contribution in [3.8, 4) is 5.75 Å². The van der Waals surface area contributed by atoms with Crippen molar-refractivity contribution < 1.29 is 28.9 Å². The van der Waals surface area contributed by atoms with Crippen LogP contribution in [0.2, 0.25) is 0 Å². The van der Waals surface area contributed by atoms with Gasteiger partial charge in [0.1, 0.15) is 18.0 Å². The van der Waals surface area contributed by atoms with Crippen LogP contribution in [0.15, 0.2) is 59.6 Å². The second-order valence-corrected chi connectivity index (χ2v) is 8.86. The molecular weight excluding hydrogens is 438 g/mol. The molecule has 0 saturated carbocycles. The Balaban J connectivity index is 1.86. The van der Waals surface area contributed by atoms with E-state index in [1.807, 2.05) is 54.6 Å². The van der Waals surface area contributed by atoms with Crippen molar-refractivity contribution in [3.63, 3.8) is 0 Å². The first-order valence-corrected chi connectivity index (χ1v) is 11.0. The predicted octanol–water partition coefficient (Wildman–Crippen LogP) is 3.80. The van der Waals surface area contributed by atoms with Gasteiger partial charge in [-0.1, -0.05) is 42.5 Å². The van der Waals surface area contributed by atoms with Crippen LogP contribution in [0.5, 0.6) is 5.75 Å². The second-order valence-electron chi connectivity index (χ2n) is 8.86. The largest absolute Gasteiger partial charge is 0.497 e. The van der Waals surface area contributed by atoms with Gasteiger partial charge in [0.05, 0.1) is 26.3 Å². The van der Waals surface area contributed by atoms with E-state index in [2.05, 4.69) is 4.99 Å². The Morgan fingerprint density at radius 1 is 1.06 bits per heavy atom. The Hall–Kier alpha value is -3.59. The number of aliphatic hydroxyl groups is 1. The number of aliphatic hydroxyl groups excluding tert-OH is 1. The van der Waals surface area contributed by atoms with Gasteiger partial charge in [0.25, 0.3) is 0 Å². The lowest BCUT2D eigenvalue weighted by atomic mass is 10.2. The van der Waals surface area contributed by atoms with Crippen molar-refractivity contribution in [2.24, 2.45) is 4.99 Å². The lowest BCUT2D eigenvalue weighted by Gasteiger charge is -2.26. The molecule has 1 saturated heterocycles. The summed E-state index contributed by atoms with van der Waals surface area (Å²) >= 11 is 0. The summed E-state index contributed by atoms with van der Waals surface area (Å²) in [6.07, 6.45) is -1.50. The van der Waals surface area contributed by atoms with E-state index in [-0.39, 0.29) is 25.7 Å². The molecule has 1 N–H and O–H groups in total. The Kier molecular flexibility index (Phi) is 8.12. The number of rotatable bonds is 6. The summed E-state index contributed by atoms with van der Waals surface area (Å²) in [5.41, 5.74) is 0.958. The van der Waals surface area contributed by atoms with Crippen molar-refractivity contribution in [2.45, 2.75) is 45.6 Å². The molecule has 2 aromatic rings. The van der Waals surface area contributed by atoms with Crippen molar-refractivity contribution >= 4 is 18.1 Å². The smallest absolute Gasteiger partial charge is 0.437 e. The van der Waals surface area contributed by atoms with Crippen LogP contribution in [0.1, 0.15) is 31.9 Å². The van der Waals surface area contributed by atoms with Crippen molar-refractivity contribution in [1.29, 1.82) is 0 Å². The Labute approximate surface area is 199 Å². The van der Waals surface area contributed by atoms with Gasteiger partial charge in [-0.05, 0) is 44.0 Å². The van der Waals surface area contributed by atoms with Gasteiger partial charge in [0.15, 0.2) is 0 Å². The number of carbonyl (C=O) groups is 2. The minimum atomic E-state index is -0.842. The summed E-state index contributed by atoms with van der Waals surface area (Å²) in [6, 6.07) is 16.1. The van der Waals surface area contributed by atoms with Gasteiger partial charge in [0, 0.05) is 6.54 Å². The zero-order valence-corrected chi connectivity index (χ0v) is 19.9. The number of carbonyl (C=O) groups excluding carboxylic acids is 2. The van der Waals surface area contributed by atoms with Crippen LogP contribution in [0.25, 0.3) is 0 Å². The zero-order valence-electron chi connectivity index (χ0n) is 19.9. The average Bonchev–Trinajstić information content (AvgIpc) is 3.15. The first-order chi connectivity index (χ1) is 16.2. The zero-order chi connectivity index (χ0) is 24.7. The molecule has 3 rings (SSSR count). The van der Waals surface area contributed by atoms with Crippen LogP contribution in [0.4, 0.5) is 9.59 Å². The van der Waals surface area contributed by atoms with Crippen molar-refractivity contribution in [1.82, 2.24) is 9.80 Å². The van der Waals surface area contributed by atoms with Crippen LogP contribution >= 0.6 is 0 Å². The average molecular weight is 470 g/mol. The summed E-state index contributed by atoms with van der Waals surface area (Å²) in [5, 5.41) is 10.0. The van der Waals surface area contributed by atoms with E-state index in [9.17, 15) is 14.7 Å². The third-order valence-corrected chi connectivity index (χ3v) is 5.07. The standard InChI is InChI=1S/C25H31N3O6/c1-25(2,3)34-24(31)28-15-20(16-29)27(14-18-10-12-21(32-4)13-11-18)22(28)26-23(30)33-17-19-8-6-5-7-9-19/h5-13,20,29H,14-17H2,1-4H3/b26-22-/t20-/m0/s1. The van der Waals surface area contributed by atoms with Crippen molar-refractivity contribution in [3.05, 3.63) is 65.7 Å². The minimum absolute atomic E-state index is 0.0464. The van der Waals surface area contributed by atoms with Gasteiger partial charge in [0.2, 0.25) is 5.96 Å². The summed E-state index contributed by atoms with van der Waals surface area (Å²) in [5.74, 6) is 0.778. The highest BCUT2D eigenvalue weighted by molar-refractivity contribution is 6.00. The number of aliphatic imine (C=N–C) groups is 1. The first-order valence-electron chi connectivity index (χ1n) is 11.0. The highest BCUT2D eigenvalue weighted by Gasteiger charge is 2.41. The molecule has 2 aromatic carbocycles. The minimum Gasteiger partial charge on any atom is -0.497 e. The molecule has 1 heterocycles. The van der Waals surface area contributed by atoms with E-state index in [1.54, 1.807) is 32.8 Å². The van der Waals surface area contributed by atoms with Crippen molar-refractivity contribution in [2.75, 3.05) is 20.3 Å². The maximum atomic E-state index is 12.9. The number of hydrogen-bond acceptors (Lipinski definition) is 6. The molecule has 182 valence electrons. The molecule has 9 heteroatoms. The number of amides is 2. The normalized spacial score (nSPS) is 17.1. The number of guanidine groups is 1. The van der Waals surface area contributed by atoms with Gasteiger partial charge < -0.3 is 24.2 Å². The van der Waals surface area contributed by atoms with E-state index >= 15 is 0 Å². The number of methoxy groups -OCH3 is 1. The van der Waals surface area contributed by atoms with Gasteiger partial charge in [-0.15, -0.1) is 4.99 Å². The Morgan fingerprint density at radius 3 is 2.32 bits per heavy atom. The molecule has 34 heavy (non-hydrogen) atoms. The Morgan fingerprint density at radius 2 is 1.74 bits per heavy atom. The molecule has 0 aliphatic carbocycles. The molecule has 0 spiro atoms. The summed E-state index contributed by atoms with van der Waals surface area (Å²) < 4.78 is 16.0. The summed E-state index contributed by atoms with van der Waals surface area (Å²) in [7, 11) is 1.59. The van der Waals surface area contributed by atoms with E-state index in [4.69, 9.17) is 14.2 Å². The fraction of sp³-hybridized carbons (Fsp3) is 0.400. The van der Waals surface area contributed by atoms with E-state index in [0.29, 0.717) is 12.3 Å². The topological polar surface area (TPSA) is 101 Å². The maximum absolute atomic E-state index is 12.9.